The standard InChI is InChI=1S/C6H11.C2H6O3S.Na/c1-3-5-6-4-2;1-2-6(3,4)5;/h3-4H,1,5-6H2,2H3;2H2,1H3,(H,3,4,5);. The van der Waals surface area contributed by atoms with Crippen molar-refractivity contribution < 1.29 is 13.0 Å². The summed E-state index contributed by atoms with van der Waals surface area (Å²) < 4.78 is 27.9. The monoisotopic (exact) mass is 216 g/mol. The van der Waals surface area contributed by atoms with Crippen molar-refractivity contribution in [3.05, 3.63) is 12.7 Å². The molecule has 0 fully saturated rings. The topological polar surface area (TPSA) is 54.4 Å². The summed E-state index contributed by atoms with van der Waals surface area (Å²) in [6.45, 7) is 7.31. The Hall–Kier alpha value is 0.650. The van der Waals surface area contributed by atoms with Gasteiger partial charge in [-0.25, -0.2) is 0 Å². The fraction of sp³-hybridized carbons (Fsp3) is 0.750. The molecule has 0 aliphatic heterocycles. The number of rotatable bonds is 4. The fourth-order valence-electron chi connectivity index (χ4n) is 0.451. The van der Waals surface area contributed by atoms with Gasteiger partial charge in [-0.05, 0) is 6.92 Å². The molecule has 0 rings (SSSR count). The van der Waals surface area contributed by atoms with Gasteiger partial charge in [-0.15, -0.1) is 0 Å². The summed E-state index contributed by atoms with van der Waals surface area (Å²) in [5.41, 5.74) is 0. The molecule has 74 valence electrons. The molecule has 1 unspecified atom stereocenters. The maximum absolute atomic E-state index is 9.56. The predicted octanol–water partition coefficient (Wildman–Crippen LogP) is 1.82. The van der Waals surface area contributed by atoms with E-state index in [1.807, 2.05) is 6.08 Å². The third-order valence-electron chi connectivity index (χ3n) is 1.31. The van der Waals surface area contributed by atoms with Crippen LogP contribution in [0.1, 0.15) is 26.7 Å². The van der Waals surface area contributed by atoms with Crippen LogP contribution in [-0.2, 0) is 10.1 Å². The van der Waals surface area contributed by atoms with Gasteiger partial charge in [0, 0.05) is 0 Å². The number of allylic oxidation sites excluding steroid dienone is 1. The predicted molar refractivity (Wildman–Crippen MR) is 56.7 cm³/mol. The molecule has 0 amide bonds. The summed E-state index contributed by atoms with van der Waals surface area (Å²) in [6, 6.07) is 0. The zero-order valence-electron chi connectivity index (χ0n) is 8.66. The first-order valence-electron chi connectivity index (χ1n) is 4.39. The minimum Gasteiger partial charge on any atom is -0.286 e. The van der Waals surface area contributed by atoms with E-state index >= 15 is 0 Å². The molecule has 3 nitrogen and oxygen atoms in total. The van der Waals surface area contributed by atoms with Gasteiger partial charge in [0.25, 0.3) is 10.1 Å². The Kier molecular flexibility index (Phi) is 11.4. The molecule has 0 saturated heterocycles. The average molecular weight is 216 g/mol. The zero-order chi connectivity index (χ0) is 10.9. The fourth-order valence-corrected chi connectivity index (χ4v) is 0.785. The molecule has 0 aromatic rings. The molecule has 0 heterocycles. The van der Waals surface area contributed by atoms with Gasteiger partial charge < -0.3 is 0 Å². The van der Waals surface area contributed by atoms with Crippen LogP contribution in [0.5, 0.6) is 0 Å². The van der Waals surface area contributed by atoms with Crippen LogP contribution in [0.4, 0.5) is 0 Å². The van der Waals surface area contributed by atoms with Crippen molar-refractivity contribution in [1.29, 1.82) is 0 Å². The molecule has 0 radical (unpaired) electrons. The van der Waals surface area contributed by atoms with E-state index in [0.717, 1.165) is 3.17 Å². The summed E-state index contributed by atoms with van der Waals surface area (Å²) >= 11 is 1.34. The van der Waals surface area contributed by atoms with Crippen LogP contribution in [0.3, 0.4) is 0 Å². The van der Waals surface area contributed by atoms with E-state index in [-0.39, 0.29) is 5.75 Å². The molecule has 0 saturated carbocycles. The van der Waals surface area contributed by atoms with Gasteiger partial charge in [-0.2, -0.15) is 8.42 Å². The van der Waals surface area contributed by atoms with Crippen LogP contribution in [-0.4, -0.2) is 46.7 Å². The molecule has 0 aromatic carbocycles. The second-order valence-electron chi connectivity index (χ2n) is 3.13. The molecular formula is C8H17NaO3S. The van der Waals surface area contributed by atoms with E-state index in [9.17, 15) is 8.42 Å². The summed E-state index contributed by atoms with van der Waals surface area (Å²) in [7, 11) is -3.66. The summed E-state index contributed by atoms with van der Waals surface area (Å²) in [5.74, 6) is -0.201. The smallest absolute Gasteiger partial charge is 0.264 e. The van der Waals surface area contributed by atoms with Crippen molar-refractivity contribution >= 4 is 38.0 Å². The minimum absolute atomic E-state index is 0.201. The SMILES string of the molecule is C=CCC[CH](C)[Na].CCS(=O)(=O)O. The van der Waals surface area contributed by atoms with E-state index in [0.29, 0.717) is 0 Å². The number of hydrogen-bond donors (Lipinski definition) is 1. The maximum Gasteiger partial charge on any atom is 0.264 e. The maximum atomic E-state index is 9.56. The second kappa shape index (κ2) is 9.21. The normalized spacial score (nSPS) is 12.7. The van der Waals surface area contributed by atoms with E-state index < -0.39 is 10.1 Å². The molecule has 1 N–H and O–H groups in total. The van der Waals surface area contributed by atoms with E-state index in [2.05, 4.69) is 13.5 Å². The van der Waals surface area contributed by atoms with Gasteiger partial charge in [-0.1, -0.05) is 0 Å². The van der Waals surface area contributed by atoms with Gasteiger partial charge >= 0.3 is 63.5 Å². The third kappa shape index (κ3) is 24.5. The average Bonchev–Trinajstić information content (AvgIpc) is 2.01. The number of hydrogen-bond acceptors (Lipinski definition) is 2. The molecule has 0 aliphatic carbocycles. The minimum atomic E-state index is -3.66. The molecule has 0 spiro atoms. The molecule has 0 aromatic heterocycles. The first-order chi connectivity index (χ1) is 5.83. The molecular weight excluding hydrogens is 199 g/mol. The van der Waals surface area contributed by atoms with Crippen LogP contribution < -0.4 is 0 Å². The summed E-state index contributed by atoms with van der Waals surface area (Å²) in [4.78, 5) is 0. The molecule has 5 heteroatoms. The Balaban J connectivity index is 0. The zero-order valence-corrected chi connectivity index (χ0v) is 11.5. The van der Waals surface area contributed by atoms with Crippen LogP contribution in [0.2, 0.25) is 3.17 Å². The third-order valence-corrected chi connectivity index (χ3v) is 2.62. The second-order valence-corrected chi connectivity index (χ2v) is 6.84. The summed E-state index contributed by atoms with van der Waals surface area (Å²) in [6.07, 6.45) is 4.54. The van der Waals surface area contributed by atoms with Crippen molar-refractivity contribution in [3.8, 4) is 0 Å². The Bertz CT molecular complexity index is 209. The van der Waals surface area contributed by atoms with Crippen LogP contribution in [0.15, 0.2) is 12.7 Å². The van der Waals surface area contributed by atoms with Crippen molar-refractivity contribution in [1.82, 2.24) is 0 Å². The molecule has 1 atom stereocenters. The van der Waals surface area contributed by atoms with Gasteiger partial charge in [-0.3, -0.25) is 4.55 Å². The molecule has 13 heavy (non-hydrogen) atoms. The van der Waals surface area contributed by atoms with E-state index in [1.165, 1.54) is 47.7 Å². The first kappa shape index (κ1) is 16.1. The van der Waals surface area contributed by atoms with Gasteiger partial charge in [0.15, 0.2) is 0 Å². The first-order valence-corrected chi connectivity index (χ1v) is 7.16. The van der Waals surface area contributed by atoms with Crippen LogP contribution in [0.25, 0.3) is 0 Å². The Labute approximate surface area is 98.8 Å². The summed E-state index contributed by atoms with van der Waals surface area (Å²) in [5, 5.41) is 0. The van der Waals surface area contributed by atoms with Crippen molar-refractivity contribution in [2.24, 2.45) is 0 Å². The molecule has 0 aliphatic rings. The Morgan fingerprint density at radius 1 is 1.62 bits per heavy atom. The Morgan fingerprint density at radius 2 is 2.00 bits per heavy atom. The quantitative estimate of drug-likeness (QED) is 0.443. The molecule has 0 bridgehead atoms. The van der Waals surface area contributed by atoms with E-state index in [4.69, 9.17) is 4.55 Å². The van der Waals surface area contributed by atoms with Crippen LogP contribution >= 0.6 is 0 Å². The van der Waals surface area contributed by atoms with Gasteiger partial charge in [0.1, 0.15) is 0 Å². The van der Waals surface area contributed by atoms with Gasteiger partial charge in [0.05, 0.1) is 5.75 Å². The van der Waals surface area contributed by atoms with Crippen molar-refractivity contribution in [3.63, 3.8) is 0 Å². The van der Waals surface area contributed by atoms with Crippen molar-refractivity contribution in [2.45, 2.75) is 29.9 Å². The largest absolute Gasteiger partial charge is 0.286 e. The Morgan fingerprint density at radius 3 is 2.08 bits per heavy atom. The van der Waals surface area contributed by atoms with Crippen LogP contribution in [0, 0.1) is 0 Å². The van der Waals surface area contributed by atoms with Crippen molar-refractivity contribution in [2.75, 3.05) is 5.75 Å². The van der Waals surface area contributed by atoms with E-state index in [1.54, 1.807) is 0 Å². The van der Waals surface area contributed by atoms with Gasteiger partial charge in [0.2, 0.25) is 0 Å².